The van der Waals surface area contributed by atoms with Gasteiger partial charge in [-0.05, 0) is 61.9 Å². The molecule has 0 spiro atoms. The molecular weight excluding hydrogens is 829 g/mol. The molecule has 3 aromatic carbocycles. The number of rotatable bonds is 10. The number of esters is 4. The lowest BCUT2D eigenvalue weighted by molar-refractivity contribution is -0.346. The highest BCUT2D eigenvalue weighted by molar-refractivity contribution is 5.96. The lowest BCUT2D eigenvalue weighted by Crippen LogP contribution is -2.82. The zero-order chi connectivity index (χ0) is 46.9. The molecule has 2 saturated carbocycles. The molecule has 6 N–H and O–H groups in total. The van der Waals surface area contributed by atoms with Crippen molar-refractivity contribution in [2.45, 2.75) is 108 Å². The quantitative estimate of drug-likeness (QED) is 0.111. The van der Waals surface area contributed by atoms with Gasteiger partial charge in [-0.2, -0.15) is 0 Å². The summed E-state index contributed by atoms with van der Waals surface area (Å²) in [5.41, 5.74) is -2.52. The molecule has 16 heteroatoms. The van der Waals surface area contributed by atoms with Gasteiger partial charge >= 0.3 is 23.9 Å². The van der Waals surface area contributed by atoms with Gasteiger partial charge < -0.3 is 50.1 Å². The van der Waals surface area contributed by atoms with Crippen LogP contribution in [0.3, 0.4) is 0 Å². The maximum atomic E-state index is 15.5. The Morgan fingerprint density at radius 3 is 1.92 bits per heavy atom. The Kier molecular flexibility index (Phi) is 13.7. The fraction of sp³-hybridized carbons (Fsp3) is 0.458. The summed E-state index contributed by atoms with van der Waals surface area (Å²) in [5, 5.41) is 40.2. The van der Waals surface area contributed by atoms with Gasteiger partial charge in [0.2, 0.25) is 0 Å². The number of nitrogens with one attached hydrogen (secondary N) is 1. The summed E-state index contributed by atoms with van der Waals surface area (Å²) in [7, 11) is 1.50. The number of aliphatic hydroxyl groups excluding tert-OH is 2. The van der Waals surface area contributed by atoms with Gasteiger partial charge in [-0.25, -0.2) is 9.59 Å². The van der Waals surface area contributed by atoms with E-state index in [2.05, 4.69) is 11.1 Å². The highest BCUT2D eigenvalue weighted by Crippen LogP contribution is 2.64. The molecule has 64 heavy (non-hydrogen) atoms. The van der Waals surface area contributed by atoms with Gasteiger partial charge in [0.25, 0.3) is 5.91 Å². The molecule has 1 aliphatic heterocycles. The molecule has 3 aliphatic carbocycles. The zero-order valence-corrected chi connectivity index (χ0v) is 36.8. The zero-order valence-electron chi connectivity index (χ0n) is 36.8. The van der Waals surface area contributed by atoms with Gasteiger partial charge in [0, 0.05) is 37.7 Å². The van der Waals surface area contributed by atoms with Gasteiger partial charge in [-0.1, -0.05) is 80.6 Å². The fourth-order valence-corrected chi connectivity index (χ4v) is 10.2. The van der Waals surface area contributed by atoms with E-state index in [1.165, 1.54) is 33.0 Å². The Hall–Kier alpha value is -5.78. The van der Waals surface area contributed by atoms with Gasteiger partial charge in [-0.15, -0.1) is 0 Å². The second-order valence-corrected chi connectivity index (χ2v) is 17.4. The molecule has 7 rings (SSSR count). The molecule has 16 nitrogen and oxygen atoms in total. The lowest BCUT2D eigenvalue weighted by atomic mass is 9.44. The largest absolute Gasteiger partial charge is 0.456 e. The van der Waals surface area contributed by atoms with Crippen LogP contribution in [0.4, 0.5) is 0 Å². The number of nitrogens with two attached hydrogens (primary N) is 1. The smallest absolute Gasteiger partial charge is 0.338 e. The number of hydrogen-bond acceptors (Lipinski definition) is 15. The van der Waals surface area contributed by atoms with Crippen LogP contribution in [0.15, 0.2) is 102 Å². The lowest BCUT2D eigenvalue weighted by Gasteiger charge is -2.67. The number of carbonyl (C=O) groups excluding carboxylic acids is 6. The maximum Gasteiger partial charge on any atom is 0.338 e. The number of fused-ring (bicyclic) bond motifs is 5. The van der Waals surface area contributed by atoms with Crippen LogP contribution in [0.1, 0.15) is 86.7 Å². The van der Waals surface area contributed by atoms with E-state index in [0.717, 1.165) is 13.8 Å². The van der Waals surface area contributed by atoms with Crippen molar-refractivity contribution < 1.29 is 67.8 Å². The van der Waals surface area contributed by atoms with Crippen molar-refractivity contribution in [2.24, 2.45) is 22.5 Å². The molecular formula is C48H56N2O14. The summed E-state index contributed by atoms with van der Waals surface area (Å²) in [6.07, 6.45) is -10.5. The van der Waals surface area contributed by atoms with E-state index in [9.17, 15) is 39.3 Å². The molecule has 0 aromatic heterocycles. The molecule has 3 fully saturated rings. The number of ether oxygens (including phenoxy) is 5. The molecule has 3 aromatic rings. The first-order valence-corrected chi connectivity index (χ1v) is 21.1. The minimum absolute atomic E-state index is 0.00289. The number of benzene rings is 3. The number of carbonyl (C=O) groups is 6. The summed E-state index contributed by atoms with van der Waals surface area (Å²) in [6, 6.07) is 22.9. The highest BCUT2D eigenvalue weighted by Gasteiger charge is 2.78. The van der Waals surface area contributed by atoms with Crippen LogP contribution in [-0.2, 0) is 42.9 Å². The Bertz CT molecular complexity index is 2290. The monoisotopic (exact) mass is 884 g/mol. The highest BCUT2D eigenvalue weighted by atomic mass is 16.6. The predicted octanol–water partition coefficient (Wildman–Crippen LogP) is 3.31. The van der Waals surface area contributed by atoms with E-state index in [-0.39, 0.29) is 35.3 Å². The molecule has 11 atom stereocenters. The molecule has 1 heterocycles. The summed E-state index contributed by atoms with van der Waals surface area (Å²) >= 11 is 0. The fourth-order valence-electron chi connectivity index (χ4n) is 10.2. The van der Waals surface area contributed by atoms with Crippen molar-refractivity contribution >= 4 is 35.6 Å². The Morgan fingerprint density at radius 2 is 1.39 bits per heavy atom. The van der Waals surface area contributed by atoms with Gasteiger partial charge in [0.1, 0.15) is 23.9 Å². The van der Waals surface area contributed by atoms with Gasteiger partial charge in [-0.3, -0.25) is 19.2 Å². The van der Waals surface area contributed by atoms with Crippen molar-refractivity contribution in [1.82, 2.24) is 5.32 Å². The molecule has 2 unspecified atom stereocenters. The maximum absolute atomic E-state index is 15.5. The van der Waals surface area contributed by atoms with E-state index in [1.807, 2.05) is 0 Å². The third-order valence-electron chi connectivity index (χ3n) is 13.5. The van der Waals surface area contributed by atoms with E-state index >= 15 is 4.79 Å². The van der Waals surface area contributed by atoms with E-state index < -0.39 is 113 Å². The second kappa shape index (κ2) is 18.4. The van der Waals surface area contributed by atoms with Crippen molar-refractivity contribution in [3.05, 3.63) is 119 Å². The molecule has 0 radical (unpaired) electrons. The standard InChI is InChI=1S/C47H51NO14.CH5N/c1-25-31(60-43(56)36(52)35(28-16-10-7-11-17-28)48-41(54)29-18-12-8-13-19-29)23-47(57)40(61-42(55)30-20-14-9-15-21-30)38-45(6,32(51)22-33-46(38,24-58-33)62-27(3)50)39(53)37(59-26(2)49)34(25)44(47,4)5;1-2/h7-21,31-33,35-38,40,51-52,57H,22-24H2,1-6H3,(H,48,54);2H2,1H3/t31-,32-,33?,35-,36+,37+,38-,40-,45?,46-,47+;/m0./s1. The van der Waals surface area contributed by atoms with Gasteiger partial charge in [0.05, 0.1) is 35.6 Å². The average molecular weight is 885 g/mol. The van der Waals surface area contributed by atoms with E-state index in [4.69, 9.17) is 23.7 Å². The summed E-state index contributed by atoms with van der Waals surface area (Å²) in [4.78, 5) is 83.5. The number of hydrogen-bond donors (Lipinski definition) is 5. The summed E-state index contributed by atoms with van der Waals surface area (Å²) < 4.78 is 30.3. The predicted molar refractivity (Wildman–Crippen MR) is 228 cm³/mol. The Morgan fingerprint density at radius 1 is 0.828 bits per heavy atom. The SMILES string of the molecule is CC(=O)O[C@H]1C(=O)C2(C)[C@@H](O)CC3OC[C@@]3(OC(C)=O)[C@H]2[C@H](OC(=O)c2ccccc2)[C@]2(O)C[C@H](OC(=O)[C@H](O)[C@@H](NC(=O)c3ccccc3)c3ccccc3)C(C)=C1C2(C)C.CN. The first kappa shape index (κ1) is 47.7. The molecule has 1 saturated heterocycles. The Labute approximate surface area is 371 Å². The van der Waals surface area contributed by atoms with Crippen LogP contribution >= 0.6 is 0 Å². The second-order valence-electron chi connectivity index (χ2n) is 17.4. The molecule has 342 valence electrons. The van der Waals surface area contributed by atoms with E-state index in [0.29, 0.717) is 5.56 Å². The Balaban J connectivity index is 0.00000335. The van der Waals surface area contributed by atoms with Crippen LogP contribution in [0, 0.1) is 16.7 Å². The summed E-state index contributed by atoms with van der Waals surface area (Å²) in [5.74, 6) is -6.84. The van der Waals surface area contributed by atoms with Crippen LogP contribution in [0.5, 0.6) is 0 Å². The van der Waals surface area contributed by atoms with Crippen LogP contribution in [-0.4, -0.2) is 112 Å². The number of Topliss-reactive ketones (excluding diaryl/α,β-unsaturated/α-hetero) is 1. The third-order valence-corrected chi connectivity index (χ3v) is 13.5. The number of aliphatic hydroxyl groups is 3. The first-order valence-electron chi connectivity index (χ1n) is 21.1. The topological polar surface area (TPSA) is 247 Å². The van der Waals surface area contributed by atoms with Gasteiger partial charge in [0.15, 0.2) is 23.6 Å². The van der Waals surface area contributed by atoms with Crippen LogP contribution in [0.25, 0.3) is 0 Å². The van der Waals surface area contributed by atoms with E-state index in [1.54, 1.807) is 92.7 Å². The van der Waals surface area contributed by atoms with Crippen LogP contribution in [0.2, 0.25) is 0 Å². The number of amides is 1. The summed E-state index contributed by atoms with van der Waals surface area (Å²) in [6.45, 7) is 7.97. The van der Waals surface area contributed by atoms with Crippen molar-refractivity contribution in [3.63, 3.8) is 0 Å². The minimum Gasteiger partial charge on any atom is -0.456 e. The van der Waals surface area contributed by atoms with Crippen molar-refractivity contribution in [2.75, 3.05) is 13.7 Å². The minimum atomic E-state index is -2.39. The number of ketones is 1. The first-order chi connectivity index (χ1) is 30.3. The van der Waals surface area contributed by atoms with Crippen molar-refractivity contribution in [3.8, 4) is 0 Å². The average Bonchev–Trinajstić information content (AvgIpc) is 3.27. The van der Waals surface area contributed by atoms with Crippen LogP contribution < -0.4 is 11.1 Å². The molecule has 1 amide bonds. The molecule has 4 aliphatic rings. The van der Waals surface area contributed by atoms with Crippen molar-refractivity contribution in [1.29, 1.82) is 0 Å². The molecule has 2 bridgehead atoms. The normalized spacial score (nSPS) is 31.0. The third kappa shape index (κ3) is 8.13.